The summed E-state index contributed by atoms with van der Waals surface area (Å²) in [6.45, 7) is 1.78. The van der Waals surface area contributed by atoms with Crippen LogP contribution in [0.15, 0.2) is 77.7 Å². The van der Waals surface area contributed by atoms with Crippen molar-refractivity contribution in [3.63, 3.8) is 0 Å². The Balaban J connectivity index is 1.63. The second kappa shape index (κ2) is 9.38. The van der Waals surface area contributed by atoms with Gasteiger partial charge in [-0.2, -0.15) is 0 Å². The van der Waals surface area contributed by atoms with Gasteiger partial charge in [0, 0.05) is 11.4 Å². The second-order valence-corrected chi connectivity index (χ2v) is 8.93. The summed E-state index contributed by atoms with van der Waals surface area (Å²) in [6.07, 6.45) is 0. The fourth-order valence-electron chi connectivity index (χ4n) is 2.73. The Bertz CT molecular complexity index is 1140. The predicted octanol–water partition coefficient (Wildman–Crippen LogP) is 5.68. The van der Waals surface area contributed by atoms with Gasteiger partial charge < -0.3 is 10.6 Å². The number of anilines is 2. The zero-order chi connectivity index (χ0) is 21.7. The molecule has 0 aliphatic rings. The predicted molar refractivity (Wildman–Crippen MR) is 121 cm³/mol. The Labute approximate surface area is 185 Å². The van der Waals surface area contributed by atoms with Crippen LogP contribution in [0.5, 0.6) is 0 Å². The number of urea groups is 1. The molecular weight excluding hydrogens is 445 g/mol. The third-order valence-electron chi connectivity index (χ3n) is 4.24. The van der Waals surface area contributed by atoms with E-state index < -0.39 is 16.1 Å². The highest BCUT2D eigenvalue weighted by Gasteiger charge is 2.16. The summed E-state index contributed by atoms with van der Waals surface area (Å²) in [5.74, 6) is 0. The van der Waals surface area contributed by atoms with Crippen LogP contribution in [0.2, 0.25) is 10.0 Å². The molecule has 0 spiro atoms. The number of carbonyl (C=O) groups is 1. The zero-order valence-electron chi connectivity index (χ0n) is 15.9. The summed E-state index contributed by atoms with van der Waals surface area (Å²) in [5, 5.41) is 6.22. The van der Waals surface area contributed by atoms with Crippen molar-refractivity contribution in [3.8, 4) is 0 Å². The van der Waals surface area contributed by atoms with Gasteiger partial charge in [-0.1, -0.05) is 53.5 Å². The first-order valence-electron chi connectivity index (χ1n) is 8.95. The number of halogens is 2. The number of amides is 2. The Morgan fingerprint density at radius 3 is 2.20 bits per heavy atom. The molecule has 0 fully saturated rings. The first kappa shape index (κ1) is 22.0. The van der Waals surface area contributed by atoms with E-state index in [1.54, 1.807) is 55.5 Å². The third-order valence-corrected chi connectivity index (χ3v) is 6.47. The molecule has 30 heavy (non-hydrogen) atoms. The number of sulfonamides is 1. The lowest BCUT2D eigenvalue weighted by molar-refractivity contribution is 0.249. The van der Waals surface area contributed by atoms with Crippen molar-refractivity contribution in [2.24, 2.45) is 0 Å². The molecule has 156 valence electrons. The number of nitrogens with one attached hydrogen (secondary N) is 3. The summed E-state index contributed by atoms with van der Waals surface area (Å²) < 4.78 is 27.4. The monoisotopic (exact) mass is 463 g/mol. The first-order chi connectivity index (χ1) is 14.3. The van der Waals surface area contributed by atoms with Crippen LogP contribution in [0.4, 0.5) is 16.2 Å². The third kappa shape index (κ3) is 5.44. The van der Waals surface area contributed by atoms with Crippen LogP contribution in [0.1, 0.15) is 18.5 Å². The lowest BCUT2D eigenvalue weighted by Gasteiger charge is -2.17. The Morgan fingerprint density at radius 2 is 1.53 bits per heavy atom. The average molecular weight is 464 g/mol. The van der Waals surface area contributed by atoms with Crippen LogP contribution in [-0.2, 0) is 10.0 Å². The van der Waals surface area contributed by atoms with E-state index in [-0.39, 0.29) is 10.9 Å². The van der Waals surface area contributed by atoms with Crippen LogP contribution >= 0.6 is 23.2 Å². The fraction of sp³-hybridized carbons (Fsp3) is 0.0952. The molecule has 9 heteroatoms. The van der Waals surface area contributed by atoms with E-state index in [9.17, 15) is 13.2 Å². The summed E-state index contributed by atoms with van der Waals surface area (Å²) in [6, 6.07) is 18.8. The molecule has 0 aromatic heterocycles. The van der Waals surface area contributed by atoms with Crippen molar-refractivity contribution < 1.29 is 13.2 Å². The molecule has 2 amide bonds. The summed E-state index contributed by atoms with van der Waals surface area (Å²) in [7, 11) is -3.73. The average Bonchev–Trinajstić information content (AvgIpc) is 2.70. The van der Waals surface area contributed by atoms with E-state index in [1.165, 1.54) is 24.3 Å². The minimum absolute atomic E-state index is 0.0800. The Morgan fingerprint density at radius 1 is 0.867 bits per heavy atom. The normalized spacial score (nSPS) is 12.1. The van der Waals surface area contributed by atoms with Crippen LogP contribution in [0, 0.1) is 0 Å². The van der Waals surface area contributed by atoms with Gasteiger partial charge in [-0.3, -0.25) is 4.72 Å². The maximum Gasteiger partial charge on any atom is 0.319 e. The zero-order valence-corrected chi connectivity index (χ0v) is 18.2. The summed E-state index contributed by atoms with van der Waals surface area (Å²) >= 11 is 12.2. The van der Waals surface area contributed by atoms with E-state index in [0.29, 0.717) is 27.0 Å². The molecule has 3 aromatic carbocycles. The minimum Gasteiger partial charge on any atom is -0.331 e. The molecule has 0 radical (unpaired) electrons. The number of para-hydroxylation sites is 1. The molecule has 0 saturated carbocycles. The molecule has 0 heterocycles. The van der Waals surface area contributed by atoms with Crippen molar-refractivity contribution in [3.05, 3.63) is 88.4 Å². The van der Waals surface area contributed by atoms with Gasteiger partial charge in [0.05, 0.1) is 21.0 Å². The maximum absolute atomic E-state index is 12.5. The molecule has 6 nitrogen and oxygen atoms in total. The molecule has 3 aromatic rings. The van der Waals surface area contributed by atoms with E-state index in [0.717, 1.165) is 0 Å². The number of hydrogen-bond acceptors (Lipinski definition) is 3. The lowest BCUT2D eigenvalue weighted by Crippen LogP contribution is -2.31. The van der Waals surface area contributed by atoms with Crippen LogP contribution in [0.25, 0.3) is 0 Å². The molecule has 0 bridgehead atoms. The largest absolute Gasteiger partial charge is 0.331 e. The molecule has 0 aliphatic heterocycles. The lowest BCUT2D eigenvalue weighted by atomic mass is 10.1. The topological polar surface area (TPSA) is 87.3 Å². The molecule has 3 rings (SSSR count). The van der Waals surface area contributed by atoms with Gasteiger partial charge in [0.25, 0.3) is 10.0 Å². The van der Waals surface area contributed by atoms with Gasteiger partial charge in [-0.05, 0) is 55.0 Å². The van der Waals surface area contributed by atoms with Gasteiger partial charge in [-0.15, -0.1) is 0 Å². The number of hydrogen-bond donors (Lipinski definition) is 3. The van der Waals surface area contributed by atoms with Crippen LogP contribution in [-0.4, -0.2) is 14.4 Å². The molecular formula is C21H19Cl2N3O3S. The highest BCUT2D eigenvalue weighted by molar-refractivity contribution is 7.92. The van der Waals surface area contributed by atoms with Crippen molar-refractivity contribution >= 4 is 50.6 Å². The van der Waals surface area contributed by atoms with E-state index in [2.05, 4.69) is 15.4 Å². The van der Waals surface area contributed by atoms with Gasteiger partial charge in [-0.25, -0.2) is 13.2 Å². The highest BCUT2D eigenvalue weighted by Crippen LogP contribution is 2.29. The SMILES string of the molecule is CC(NC(=O)Nc1ccc(S(=O)(=O)Nc2ccccc2)cc1)c1cccc(Cl)c1Cl. The number of benzene rings is 3. The van der Waals surface area contributed by atoms with Crippen molar-refractivity contribution in [1.82, 2.24) is 5.32 Å². The van der Waals surface area contributed by atoms with E-state index in [4.69, 9.17) is 23.2 Å². The quantitative estimate of drug-likeness (QED) is 0.439. The van der Waals surface area contributed by atoms with Gasteiger partial charge in [0.1, 0.15) is 0 Å². The Hall–Kier alpha value is -2.74. The molecule has 3 N–H and O–H groups in total. The molecule has 1 unspecified atom stereocenters. The first-order valence-corrected chi connectivity index (χ1v) is 11.2. The van der Waals surface area contributed by atoms with Crippen molar-refractivity contribution in [2.75, 3.05) is 10.0 Å². The van der Waals surface area contributed by atoms with Crippen LogP contribution < -0.4 is 15.4 Å². The van der Waals surface area contributed by atoms with Crippen molar-refractivity contribution in [1.29, 1.82) is 0 Å². The fourth-order valence-corrected chi connectivity index (χ4v) is 4.26. The smallest absolute Gasteiger partial charge is 0.319 e. The van der Waals surface area contributed by atoms with Gasteiger partial charge in [0.15, 0.2) is 0 Å². The number of rotatable bonds is 6. The molecule has 0 saturated heterocycles. The second-order valence-electron chi connectivity index (χ2n) is 6.46. The number of carbonyl (C=O) groups excluding carboxylic acids is 1. The van der Waals surface area contributed by atoms with Gasteiger partial charge in [0.2, 0.25) is 0 Å². The maximum atomic E-state index is 12.5. The standard InChI is InChI=1S/C21H19Cl2N3O3S/c1-14(18-8-5-9-19(22)20(18)23)24-21(27)25-15-10-12-17(13-11-15)30(28,29)26-16-6-3-2-4-7-16/h2-14,26H,1H3,(H2,24,25,27). The van der Waals surface area contributed by atoms with Crippen LogP contribution in [0.3, 0.4) is 0 Å². The Kier molecular flexibility index (Phi) is 6.87. The highest BCUT2D eigenvalue weighted by atomic mass is 35.5. The summed E-state index contributed by atoms with van der Waals surface area (Å²) in [5.41, 5.74) is 1.59. The van der Waals surface area contributed by atoms with E-state index >= 15 is 0 Å². The van der Waals surface area contributed by atoms with E-state index in [1.807, 2.05) is 0 Å². The van der Waals surface area contributed by atoms with Gasteiger partial charge >= 0.3 is 6.03 Å². The molecule has 1 atom stereocenters. The minimum atomic E-state index is -3.73. The molecule has 0 aliphatic carbocycles. The summed E-state index contributed by atoms with van der Waals surface area (Å²) in [4.78, 5) is 12.4. The van der Waals surface area contributed by atoms with Crippen molar-refractivity contribution in [2.45, 2.75) is 17.9 Å².